The summed E-state index contributed by atoms with van der Waals surface area (Å²) in [4.78, 5) is 60.5. The molecule has 3 amide bonds. The van der Waals surface area contributed by atoms with Crippen molar-refractivity contribution < 1.29 is 46.6 Å². The molecule has 1 aromatic heterocycles. The first-order valence-electron chi connectivity index (χ1n) is 17.8. The van der Waals surface area contributed by atoms with Crippen LogP contribution in [0, 0.1) is 17.8 Å². The van der Waals surface area contributed by atoms with E-state index >= 15 is 0 Å². The summed E-state index contributed by atoms with van der Waals surface area (Å²) in [6.07, 6.45) is 0.698. The number of alkyl carbamates (subject to hydrolysis) is 1. The Bertz CT molecular complexity index is 1920. The van der Waals surface area contributed by atoms with Crippen LogP contribution in [0.1, 0.15) is 83.9 Å². The summed E-state index contributed by atoms with van der Waals surface area (Å²) < 4.78 is 61.0. The second-order valence-corrected chi connectivity index (χ2v) is 15.3. The highest BCUT2D eigenvalue weighted by atomic mass is 35.5. The fraction of sp³-hybridized carbons (Fsp3) is 0.553. The molecule has 1 spiro atoms. The highest BCUT2D eigenvalue weighted by Gasteiger charge is 2.57. The van der Waals surface area contributed by atoms with Gasteiger partial charge in [-0.05, 0) is 65.9 Å². The number of hydrogen-bond donors (Lipinski definition) is 2. The standard InChI is InChI=1S/C38H42ClF3N4O7/c1-5-51-33(49)37-19-16-22(37)12-9-7-6-8-10-15-26(43-34(50)53-35(2,3)4)32(48)46-21-36(20-27(46)31(47)45-37)18-17-24-23-13-11-14-25(39)28(23)44-30(29(24)52-36)38(40,41)42/h9,11-14,22,26-27H,5-8,10,15,17-18,20-21H2,1-4H3,(H,43,50)(H,45,47)/b12-9-/t22-,26+,27+,36-,37-/m1/s1. The van der Waals surface area contributed by atoms with Gasteiger partial charge in [0, 0.05) is 17.4 Å². The minimum absolute atomic E-state index is 0.0148. The van der Waals surface area contributed by atoms with Gasteiger partial charge in [-0.15, -0.1) is 0 Å². The topological polar surface area (TPSA) is 136 Å². The lowest BCUT2D eigenvalue weighted by atomic mass is 9.76. The number of nitrogens with zero attached hydrogens (tertiary/aromatic N) is 2. The Kier molecular flexibility index (Phi) is 10.4. The maximum Gasteiger partial charge on any atom is 0.437 e. The molecule has 0 unspecified atom stereocenters. The number of alkyl halides is 3. The maximum atomic E-state index is 14.6. The third kappa shape index (κ3) is 7.63. The number of aromatic nitrogens is 1. The number of amides is 3. The number of halogens is 4. The summed E-state index contributed by atoms with van der Waals surface area (Å²) in [5, 5.41) is 5.89. The normalized spacial score (nSPS) is 28.0. The highest BCUT2D eigenvalue weighted by Crippen LogP contribution is 2.49. The zero-order valence-corrected chi connectivity index (χ0v) is 30.7. The average Bonchev–Trinajstić information content (AvgIpc) is 3.43. The summed E-state index contributed by atoms with van der Waals surface area (Å²) in [5.41, 5.74) is -5.10. The first-order chi connectivity index (χ1) is 25.0. The van der Waals surface area contributed by atoms with Gasteiger partial charge in [0.1, 0.15) is 23.3 Å². The average molecular weight is 759 g/mol. The molecule has 1 aliphatic carbocycles. The van der Waals surface area contributed by atoms with Gasteiger partial charge in [0.15, 0.2) is 11.4 Å². The van der Waals surface area contributed by atoms with Gasteiger partial charge in [-0.1, -0.05) is 60.6 Å². The van der Waals surface area contributed by atoms with E-state index in [2.05, 4.69) is 27.5 Å². The van der Waals surface area contributed by atoms with Crippen molar-refractivity contribution in [1.82, 2.24) is 20.5 Å². The molecule has 5 atom stereocenters. The van der Waals surface area contributed by atoms with Gasteiger partial charge >= 0.3 is 18.2 Å². The number of aryl methyl sites for hydroxylation is 1. The van der Waals surface area contributed by atoms with Crippen LogP contribution < -0.4 is 15.4 Å². The van der Waals surface area contributed by atoms with Gasteiger partial charge in [0.25, 0.3) is 0 Å². The van der Waals surface area contributed by atoms with Crippen LogP contribution in [0.15, 0.2) is 30.4 Å². The van der Waals surface area contributed by atoms with Crippen molar-refractivity contribution in [2.45, 2.75) is 114 Å². The zero-order chi connectivity index (χ0) is 38.3. The van der Waals surface area contributed by atoms with E-state index in [4.69, 9.17) is 25.8 Å². The summed E-state index contributed by atoms with van der Waals surface area (Å²) >= 11 is 6.29. The fourth-order valence-electron chi connectivity index (χ4n) is 7.42. The fourth-order valence-corrected chi connectivity index (χ4v) is 7.64. The molecular weight excluding hydrogens is 717 g/mol. The van der Waals surface area contributed by atoms with Gasteiger partial charge in [0.05, 0.1) is 29.6 Å². The van der Waals surface area contributed by atoms with E-state index in [0.717, 1.165) is 6.42 Å². The third-order valence-corrected chi connectivity index (χ3v) is 10.2. The van der Waals surface area contributed by atoms with Crippen LogP contribution in [0.5, 0.6) is 5.75 Å². The number of para-hydroxylation sites is 1. The van der Waals surface area contributed by atoms with E-state index in [0.29, 0.717) is 24.6 Å². The number of allylic oxidation sites excluding steroid dienone is 1. The minimum atomic E-state index is -4.92. The molecule has 284 valence electrons. The van der Waals surface area contributed by atoms with Crippen LogP contribution in [-0.4, -0.2) is 75.7 Å². The highest BCUT2D eigenvalue weighted by molar-refractivity contribution is 6.35. The van der Waals surface area contributed by atoms with Crippen LogP contribution in [0.25, 0.3) is 10.9 Å². The zero-order valence-electron chi connectivity index (χ0n) is 30.0. The predicted octanol–water partition coefficient (Wildman–Crippen LogP) is 6.04. The molecule has 3 aliphatic heterocycles. The van der Waals surface area contributed by atoms with Gasteiger partial charge in [-0.3, -0.25) is 9.59 Å². The van der Waals surface area contributed by atoms with E-state index in [1.807, 2.05) is 6.08 Å². The van der Waals surface area contributed by atoms with Crippen LogP contribution in [0.4, 0.5) is 18.0 Å². The number of ether oxygens (including phenoxy) is 3. The summed E-state index contributed by atoms with van der Waals surface area (Å²) in [6, 6.07) is 2.23. The summed E-state index contributed by atoms with van der Waals surface area (Å²) in [6.45, 7) is 6.39. The van der Waals surface area contributed by atoms with Gasteiger partial charge in [-0.2, -0.15) is 13.2 Å². The lowest BCUT2D eigenvalue weighted by molar-refractivity contribution is -0.153. The molecule has 0 saturated carbocycles. The molecule has 2 N–H and O–H groups in total. The molecule has 1 saturated heterocycles. The van der Waals surface area contributed by atoms with E-state index in [1.54, 1.807) is 45.9 Å². The molecular formula is C38H42ClF3N4O7. The quantitative estimate of drug-likeness (QED) is 0.220. The number of nitrogens with one attached hydrogen (secondary N) is 2. The lowest BCUT2D eigenvalue weighted by Crippen LogP contribution is -2.65. The Hall–Kier alpha value is -4.51. The Morgan fingerprint density at radius 3 is 2.64 bits per heavy atom. The van der Waals surface area contributed by atoms with Crippen molar-refractivity contribution in [2.75, 3.05) is 13.2 Å². The van der Waals surface area contributed by atoms with Crippen LogP contribution in [0.2, 0.25) is 5.02 Å². The molecule has 0 radical (unpaired) electrons. The van der Waals surface area contributed by atoms with Gasteiger partial charge in [0.2, 0.25) is 17.4 Å². The minimum Gasteiger partial charge on any atom is -0.483 e. The van der Waals surface area contributed by atoms with Crippen molar-refractivity contribution in [2.24, 2.45) is 5.92 Å². The van der Waals surface area contributed by atoms with Crippen molar-refractivity contribution in [3.05, 3.63) is 46.6 Å². The van der Waals surface area contributed by atoms with E-state index < -0.39 is 76.2 Å². The number of esters is 1. The SMILES string of the molecule is CCOC(=O)[C@@]12C#C[C@H]1/C=C\CCCCC[C@H](NC(=O)OC(C)(C)C)C(=O)N1C[C@@]3(CCc4c(c(C(F)(F)F)nc5c(Cl)cccc45)O3)C[C@H]1C(=O)N2. The second kappa shape index (κ2) is 14.4. The number of hydrogen-bond acceptors (Lipinski definition) is 8. The maximum absolute atomic E-state index is 14.6. The number of fused-ring (bicyclic) bond motifs is 5. The number of carbonyl (C=O) groups is 4. The Morgan fingerprint density at radius 2 is 1.96 bits per heavy atom. The molecule has 2 aromatic rings. The summed E-state index contributed by atoms with van der Waals surface area (Å²) in [7, 11) is 0. The van der Waals surface area contributed by atoms with Crippen molar-refractivity contribution in [3.8, 4) is 17.6 Å². The molecule has 4 heterocycles. The van der Waals surface area contributed by atoms with Crippen molar-refractivity contribution in [3.63, 3.8) is 0 Å². The molecule has 1 fully saturated rings. The van der Waals surface area contributed by atoms with E-state index in [-0.39, 0.29) is 54.9 Å². The molecule has 0 bridgehead atoms. The first-order valence-corrected chi connectivity index (χ1v) is 18.2. The monoisotopic (exact) mass is 758 g/mol. The molecule has 4 aliphatic rings. The van der Waals surface area contributed by atoms with Crippen LogP contribution in [0.3, 0.4) is 0 Å². The Labute approximate surface area is 310 Å². The number of carbonyl (C=O) groups excluding carboxylic acids is 4. The number of rotatable bonds is 3. The van der Waals surface area contributed by atoms with Crippen LogP contribution in [-0.2, 0) is 36.5 Å². The Morgan fingerprint density at radius 1 is 1.19 bits per heavy atom. The molecule has 15 heteroatoms. The van der Waals surface area contributed by atoms with Crippen molar-refractivity contribution in [1.29, 1.82) is 0 Å². The number of pyridine rings is 1. The molecule has 1 aromatic carbocycles. The first kappa shape index (κ1) is 38.2. The van der Waals surface area contributed by atoms with E-state index in [9.17, 15) is 32.3 Å². The number of benzene rings is 1. The molecule has 11 nitrogen and oxygen atoms in total. The third-order valence-electron chi connectivity index (χ3n) is 9.92. The smallest absolute Gasteiger partial charge is 0.437 e. The van der Waals surface area contributed by atoms with Crippen LogP contribution >= 0.6 is 11.6 Å². The second-order valence-electron chi connectivity index (χ2n) is 14.9. The largest absolute Gasteiger partial charge is 0.483 e. The van der Waals surface area contributed by atoms with Gasteiger partial charge in [-0.25, -0.2) is 14.6 Å². The van der Waals surface area contributed by atoms with Gasteiger partial charge < -0.3 is 29.7 Å². The summed E-state index contributed by atoms with van der Waals surface area (Å²) in [5.74, 6) is 2.32. The van der Waals surface area contributed by atoms with E-state index in [1.165, 1.54) is 11.0 Å². The lowest BCUT2D eigenvalue weighted by Gasteiger charge is -2.37. The Balaban J connectivity index is 1.42. The van der Waals surface area contributed by atoms with Crippen molar-refractivity contribution >= 4 is 46.4 Å². The predicted molar refractivity (Wildman–Crippen MR) is 188 cm³/mol. The molecule has 53 heavy (non-hydrogen) atoms. The molecule has 6 rings (SSSR count).